The normalized spacial score (nSPS) is 12.2. The third kappa shape index (κ3) is 6.68. The average Bonchev–Trinajstić information content (AvgIpc) is 3.13. The van der Waals surface area contributed by atoms with Gasteiger partial charge >= 0.3 is 0 Å². The Bertz CT molecular complexity index is 1720. The van der Waals surface area contributed by atoms with E-state index in [1.807, 2.05) is 120 Å². The Hall–Kier alpha value is -4.93. The molecule has 0 aromatic heterocycles. The van der Waals surface area contributed by atoms with Crippen LogP contribution in [0, 0.1) is 5.41 Å². The Balaban J connectivity index is 1.55. The lowest BCUT2D eigenvalue weighted by Gasteiger charge is -2.31. The lowest BCUT2D eigenvalue weighted by Crippen LogP contribution is -2.37. The SMILES string of the molecule is N=C(SC=C(NC(O)c1ccccc1)[P+](c1ccccc1)(c1ccccc1)c1ccccc1)N(c1ccccc1)c1ccccc1. The number of rotatable bonds is 10. The molecule has 0 aliphatic heterocycles. The highest BCUT2D eigenvalue weighted by Gasteiger charge is 2.50. The second-order valence-corrected chi connectivity index (χ2v) is 14.8. The molecular formula is C40H35N3OPS+. The lowest BCUT2D eigenvalue weighted by atomic mass is 10.2. The fraction of sp³-hybridized carbons (Fsp3) is 0.0250. The zero-order valence-corrected chi connectivity index (χ0v) is 26.9. The van der Waals surface area contributed by atoms with Gasteiger partial charge in [0.15, 0.2) is 24.1 Å². The van der Waals surface area contributed by atoms with Crippen LogP contribution in [0.4, 0.5) is 11.4 Å². The summed E-state index contributed by atoms with van der Waals surface area (Å²) in [7, 11) is -2.61. The summed E-state index contributed by atoms with van der Waals surface area (Å²) in [4.78, 5) is 1.94. The van der Waals surface area contributed by atoms with Gasteiger partial charge in [0.25, 0.3) is 0 Å². The van der Waals surface area contributed by atoms with Crippen LogP contribution >= 0.6 is 19.0 Å². The van der Waals surface area contributed by atoms with E-state index in [9.17, 15) is 10.5 Å². The van der Waals surface area contributed by atoms with Crippen molar-refractivity contribution in [3.05, 3.63) is 198 Å². The molecule has 3 N–H and O–H groups in total. The first-order valence-electron chi connectivity index (χ1n) is 15.1. The number of benzene rings is 6. The Morgan fingerprint density at radius 3 is 1.30 bits per heavy atom. The minimum absolute atomic E-state index is 0.332. The fourth-order valence-corrected chi connectivity index (χ4v) is 10.9. The summed E-state index contributed by atoms with van der Waals surface area (Å²) >= 11 is 1.33. The zero-order chi connectivity index (χ0) is 31.6. The molecule has 6 rings (SSSR count). The highest BCUT2D eigenvalue weighted by Crippen LogP contribution is 2.62. The monoisotopic (exact) mass is 636 g/mol. The molecule has 1 atom stereocenters. The molecule has 0 fully saturated rings. The predicted molar refractivity (Wildman–Crippen MR) is 198 cm³/mol. The molecule has 46 heavy (non-hydrogen) atoms. The topological polar surface area (TPSA) is 59.4 Å². The number of para-hydroxylation sites is 2. The number of hydrogen-bond donors (Lipinski definition) is 3. The van der Waals surface area contributed by atoms with Gasteiger partial charge in [0.05, 0.1) is 0 Å². The van der Waals surface area contributed by atoms with Gasteiger partial charge in [0, 0.05) is 22.3 Å². The van der Waals surface area contributed by atoms with Crippen molar-refractivity contribution in [1.29, 1.82) is 5.41 Å². The third-order valence-electron chi connectivity index (χ3n) is 7.71. The van der Waals surface area contributed by atoms with E-state index in [1.165, 1.54) is 11.8 Å². The van der Waals surface area contributed by atoms with Gasteiger partial charge in [-0.3, -0.25) is 10.3 Å². The molecule has 0 saturated carbocycles. The van der Waals surface area contributed by atoms with Gasteiger partial charge in [-0.2, -0.15) is 0 Å². The summed E-state index contributed by atoms with van der Waals surface area (Å²) in [5.74, 6) is 0. The molecule has 0 saturated heterocycles. The van der Waals surface area contributed by atoms with Crippen LogP contribution in [-0.2, 0) is 0 Å². The molecular weight excluding hydrogens is 602 g/mol. The molecule has 6 aromatic carbocycles. The number of amidine groups is 1. The van der Waals surface area contributed by atoms with Gasteiger partial charge in [-0.25, -0.2) is 0 Å². The number of aliphatic hydroxyl groups excluding tert-OH is 1. The van der Waals surface area contributed by atoms with Gasteiger partial charge in [0.2, 0.25) is 0 Å². The number of aliphatic hydroxyl groups is 1. The van der Waals surface area contributed by atoms with E-state index in [0.29, 0.717) is 5.17 Å². The van der Waals surface area contributed by atoms with E-state index in [1.54, 1.807) is 0 Å². The number of thioether (sulfide) groups is 1. The maximum absolute atomic E-state index is 11.7. The minimum atomic E-state index is -2.61. The first-order chi connectivity index (χ1) is 22.7. The average molecular weight is 637 g/mol. The summed E-state index contributed by atoms with van der Waals surface area (Å²) in [6.45, 7) is 0. The number of anilines is 2. The van der Waals surface area contributed by atoms with Gasteiger partial charge in [-0.1, -0.05) is 133 Å². The molecule has 0 spiro atoms. The van der Waals surface area contributed by atoms with Crippen molar-refractivity contribution < 1.29 is 5.11 Å². The van der Waals surface area contributed by atoms with Crippen LogP contribution in [0.3, 0.4) is 0 Å². The standard InChI is InChI=1S/C40H35N3OPS/c41-40(43(33-21-9-2-10-22-33)34-23-11-3-12-24-34)46-31-38(42-39(44)32-19-7-1-8-20-32)45(35-25-13-4-14-26-35,36-27-15-5-16-28-36)37-29-17-6-18-30-37/h1-31,39,41-42,44H/q+1. The second kappa shape index (κ2) is 14.9. The molecule has 0 radical (unpaired) electrons. The highest BCUT2D eigenvalue weighted by atomic mass is 32.2. The first-order valence-corrected chi connectivity index (χ1v) is 17.8. The van der Waals surface area contributed by atoms with Crippen LogP contribution in [0.1, 0.15) is 11.8 Å². The zero-order valence-electron chi connectivity index (χ0n) is 25.2. The molecule has 4 nitrogen and oxygen atoms in total. The van der Waals surface area contributed by atoms with Crippen molar-refractivity contribution in [2.24, 2.45) is 0 Å². The van der Waals surface area contributed by atoms with Gasteiger partial charge in [0.1, 0.15) is 15.9 Å². The van der Waals surface area contributed by atoms with Crippen LogP contribution in [-0.4, -0.2) is 10.3 Å². The quantitative estimate of drug-likeness (QED) is 0.0611. The number of hydrogen-bond acceptors (Lipinski definition) is 4. The first kappa shape index (κ1) is 31.1. The van der Waals surface area contributed by atoms with Crippen molar-refractivity contribution in [2.75, 3.05) is 4.90 Å². The Morgan fingerprint density at radius 2 is 0.913 bits per heavy atom. The summed E-state index contributed by atoms with van der Waals surface area (Å²) in [5, 5.41) is 30.5. The van der Waals surface area contributed by atoms with Crippen LogP contribution in [0.15, 0.2) is 193 Å². The number of nitrogens with one attached hydrogen (secondary N) is 2. The Labute approximate surface area is 275 Å². The van der Waals surface area contributed by atoms with Crippen molar-refractivity contribution in [3.8, 4) is 0 Å². The Morgan fingerprint density at radius 1 is 0.565 bits per heavy atom. The van der Waals surface area contributed by atoms with Crippen molar-refractivity contribution in [2.45, 2.75) is 6.23 Å². The van der Waals surface area contributed by atoms with Crippen LogP contribution in [0.5, 0.6) is 0 Å². The van der Waals surface area contributed by atoms with E-state index < -0.39 is 13.5 Å². The fourth-order valence-electron chi connectivity index (χ4n) is 5.59. The van der Waals surface area contributed by atoms with Crippen LogP contribution in [0.2, 0.25) is 0 Å². The number of nitrogens with zero attached hydrogens (tertiary/aromatic N) is 1. The maximum atomic E-state index is 11.7. The molecule has 6 aromatic rings. The van der Waals surface area contributed by atoms with Crippen molar-refractivity contribution >= 4 is 51.5 Å². The molecule has 1 unspecified atom stereocenters. The largest absolute Gasteiger partial charge is 0.369 e. The summed E-state index contributed by atoms with van der Waals surface area (Å²) in [6, 6.07) is 61.2. The van der Waals surface area contributed by atoms with Gasteiger partial charge in [-0.05, 0) is 60.7 Å². The van der Waals surface area contributed by atoms with E-state index in [4.69, 9.17) is 0 Å². The molecule has 6 heteroatoms. The molecule has 0 aliphatic rings. The second-order valence-electron chi connectivity index (χ2n) is 10.6. The molecule has 0 aliphatic carbocycles. The predicted octanol–water partition coefficient (Wildman–Crippen LogP) is 8.57. The van der Waals surface area contributed by atoms with Gasteiger partial charge in [-0.15, -0.1) is 0 Å². The minimum Gasteiger partial charge on any atom is -0.369 e. The Kier molecular flexibility index (Phi) is 10.1. The lowest BCUT2D eigenvalue weighted by molar-refractivity contribution is 0.154. The van der Waals surface area contributed by atoms with Crippen molar-refractivity contribution in [3.63, 3.8) is 0 Å². The molecule has 226 valence electrons. The van der Waals surface area contributed by atoms with Crippen molar-refractivity contribution in [1.82, 2.24) is 5.32 Å². The third-order valence-corrected chi connectivity index (χ3v) is 12.8. The van der Waals surface area contributed by atoms with E-state index in [0.717, 1.165) is 38.3 Å². The molecule has 0 amide bonds. The van der Waals surface area contributed by atoms with E-state index >= 15 is 0 Å². The molecule has 0 heterocycles. The van der Waals surface area contributed by atoms with Gasteiger partial charge < -0.3 is 10.4 Å². The highest BCUT2D eigenvalue weighted by molar-refractivity contribution is 8.17. The van der Waals surface area contributed by atoms with E-state index in [-0.39, 0.29) is 0 Å². The summed E-state index contributed by atoms with van der Waals surface area (Å²) < 4.78 is 0. The summed E-state index contributed by atoms with van der Waals surface area (Å²) in [5.41, 5.74) is 3.40. The molecule has 0 bridgehead atoms. The summed E-state index contributed by atoms with van der Waals surface area (Å²) in [6.07, 6.45) is -0.975. The van der Waals surface area contributed by atoms with E-state index in [2.05, 4.69) is 78.1 Å². The smallest absolute Gasteiger partial charge is 0.181 e. The van der Waals surface area contributed by atoms with Crippen LogP contribution in [0.25, 0.3) is 0 Å². The van der Waals surface area contributed by atoms with Crippen LogP contribution < -0.4 is 26.1 Å². The maximum Gasteiger partial charge on any atom is 0.181 e.